The van der Waals surface area contributed by atoms with Gasteiger partial charge in [0.1, 0.15) is 23.4 Å². The van der Waals surface area contributed by atoms with Crippen molar-refractivity contribution < 1.29 is 63.7 Å². The van der Waals surface area contributed by atoms with Gasteiger partial charge < -0.3 is 49.8 Å². The molecule has 0 aliphatic carbocycles. The molecule has 0 spiro atoms. The van der Waals surface area contributed by atoms with Gasteiger partial charge in [-0.25, -0.2) is 0 Å². The SMILES string of the molecule is CO[C@@H]1/C=C\O[C@@]2(C)Oc3c(C)c(O)c4c(O)c(c(C=O)c(O)c4c3C2=O)NC(=O)/C(C)=C\C=C/[C@H](C)[C@H](O)[C@H](C)[C@H](O)[C@H](C)[C@@H](OC(C)=O)[C@H]1C. The number of benzene rings is 2. The lowest BCUT2D eigenvalue weighted by Crippen LogP contribution is -2.46. The van der Waals surface area contributed by atoms with Gasteiger partial charge in [-0.15, -0.1) is 0 Å². The van der Waals surface area contributed by atoms with Crippen LogP contribution in [0.4, 0.5) is 5.69 Å². The van der Waals surface area contributed by atoms with Gasteiger partial charge in [0, 0.05) is 61.2 Å². The molecule has 2 aromatic rings. The summed E-state index contributed by atoms with van der Waals surface area (Å²) < 4.78 is 23.1. The molecule has 282 valence electrons. The van der Waals surface area contributed by atoms with Gasteiger partial charge in [0.05, 0.1) is 46.8 Å². The standard InChI is InChI=1S/C38H47NO13/c1-16-11-10-12-17(2)37(48)39-28-23(15-40)32(45)25-26(33(28)46)31(44)21(6)35-27(25)36(47)38(8,52-35)50-14-13-24(49-9)18(3)34(51-22(7)41)20(5)30(43)19(4)29(16)42/h10-16,18-20,24,29-30,34,42-46H,1-9H3,(H,39,48)/b11-10-,14-13-,17-12-/t16-,18-,19-,20-,24+,29-,30-,34-,38-/m0/s1. The third kappa shape index (κ3) is 7.10. The van der Waals surface area contributed by atoms with Gasteiger partial charge in [0.2, 0.25) is 0 Å². The van der Waals surface area contributed by atoms with Crippen molar-refractivity contribution in [2.75, 3.05) is 12.4 Å². The highest BCUT2D eigenvalue weighted by Gasteiger charge is 2.50. The summed E-state index contributed by atoms with van der Waals surface area (Å²) in [7, 11) is 1.41. The van der Waals surface area contributed by atoms with E-state index in [1.807, 2.05) is 0 Å². The van der Waals surface area contributed by atoms with Crippen molar-refractivity contribution in [3.8, 4) is 23.0 Å². The first-order valence-electron chi connectivity index (χ1n) is 16.9. The summed E-state index contributed by atoms with van der Waals surface area (Å²) in [6.07, 6.45) is 3.41. The van der Waals surface area contributed by atoms with Gasteiger partial charge in [-0.3, -0.25) is 19.2 Å². The van der Waals surface area contributed by atoms with Crippen molar-refractivity contribution >= 4 is 40.4 Å². The van der Waals surface area contributed by atoms with Crippen molar-refractivity contribution in [1.82, 2.24) is 0 Å². The van der Waals surface area contributed by atoms with Gasteiger partial charge in [-0.05, 0) is 19.9 Å². The van der Waals surface area contributed by atoms with Crippen LogP contribution in [0.1, 0.15) is 74.7 Å². The number of nitrogens with one attached hydrogen (secondary N) is 1. The quantitative estimate of drug-likeness (QED) is 0.111. The number of aromatic hydroxyl groups is 3. The van der Waals surface area contributed by atoms with E-state index in [-0.39, 0.29) is 28.7 Å². The molecular weight excluding hydrogens is 678 g/mol. The predicted octanol–water partition coefficient (Wildman–Crippen LogP) is 4.57. The minimum atomic E-state index is -2.08. The second-order valence-corrected chi connectivity index (χ2v) is 13.7. The molecule has 3 heterocycles. The Morgan fingerprint density at radius 3 is 2.19 bits per heavy atom. The van der Waals surface area contributed by atoms with E-state index in [4.69, 9.17) is 18.9 Å². The van der Waals surface area contributed by atoms with Gasteiger partial charge >= 0.3 is 11.8 Å². The molecule has 5 rings (SSSR count). The predicted molar refractivity (Wildman–Crippen MR) is 189 cm³/mol. The summed E-state index contributed by atoms with van der Waals surface area (Å²) in [5.41, 5.74) is -1.27. The lowest BCUT2D eigenvalue weighted by molar-refractivity contribution is -0.160. The van der Waals surface area contributed by atoms with Crippen LogP contribution in [0.15, 0.2) is 36.1 Å². The molecule has 0 saturated heterocycles. The third-order valence-electron chi connectivity index (χ3n) is 10.2. The molecule has 0 fully saturated rings. The Morgan fingerprint density at radius 1 is 0.942 bits per heavy atom. The zero-order valence-electron chi connectivity index (χ0n) is 30.6. The summed E-state index contributed by atoms with van der Waals surface area (Å²) in [6.45, 7) is 12.2. The highest BCUT2D eigenvalue weighted by Crippen LogP contribution is 2.55. The van der Waals surface area contributed by atoms with E-state index >= 15 is 0 Å². The molecule has 3 aliphatic heterocycles. The van der Waals surface area contributed by atoms with Crippen LogP contribution in [-0.4, -0.2) is 86.8 Å². The number of phenols is 3. The fourth-order valence-electron chi connectivity index (χ4n) is 6.86. The Kier molecular flexibility index (Phi) is 11.8. The van der Waals surface area contributed by atoms with Crippen molar-refractivity contribution in [3.05, 3.63) is 52.8 Å². The van der Waals surface area contributed by atoms with Crippen molar-refractivity contribution in [3.63, 3.8) is 0 Å². The van der Waals surface area contributed by atoms with Gasteiger partial charge in [0.15, 0.2) is 12.0 Å². The largest absolute Gasteiger partial charge is 0.507 e. The van der Waals surface area contributed by atoms with E-state index in [0.717, 1.165) is 6.26 Å². The molecule has 9 atom stereocenters. The molecule has 52 heavy (non-hydrogen) atoms. The maximum atomic E-state index is 14.0. The average Bonchev–Trinajstić information content (AvgIpc) is 3.36. The number of ether oxygens (including phenoxy) is 4. The number of methoxy groups -OCH3 is 1. The van der Waals surface area contributed by atoms with E-state index in [1.165, 1.54) is 53.0 Å². The van der Waals surface area contributed by atoms with E-state index < -0.39 is 111 Å². The van der Waals surface area contributed by atoms with Crippen molar-refractivity contribution in [1.29, 1.82) is 0 Å². The van der Waals surface area contributed by atoms with Crippen LogP contribution in [0.25, 0.3) is 10.8 Å². The number of Topliss-reactive ketones (excluding diaryl/α,β-unsaturated/α-hetero) is 1. The monoisotopic (exact) mass is 725 g/mol. The number of fused-ring (bicyclic) bond motifs is 14. The molecule has 0 unspecified atom stereocenters. The highest BCUT2D eigenvalue weighted by atomic mass is 16.7. The number of amides is 1. The number of aldehydes is 1. The molecule has 14 nitrogen and oxygen atoms in total. The molecule has 6 N–H and O–H groups in total. The normalized spacial score (nSPS) is 32.3. The molecule has 0 radical (unpaired) electrons. The van der Waals surface area contributed by atoms with Crippen LogP contribution >= 0.6 is 0 Å². The highest BCUT2D eigenvalue weighted by molar-refractivity contribution is 6.23. The lowest BCUT2D eigenvalue weighted by atomic mass is 9.78. The first-order chi connectivity index (χ1) is 24.3. The van der Waals surface area contributed by atoms with Crippen LogP contribution in [0.2, 0.25) is 0 Å². The van der Waals surface area contributed by atoms with E-state index in [1.54, 1.807) is 33.8 Å². The zero-order chi connectivity index (χ0) is 39.0. The minimum Gasteiger partial charge on any atom is -0.507 e. The topological polar surface area (TPSA) is 218 Å². The maximum absolute atomic E-state index is 14.0. The molecule has 0 aromatic heterocycles. The van der Waals surface area contributed by atoms with Gasteiger partial charge in [-0.1, -0.05) is 45.9 Å². The Bertz CT molecular complexity index is 1860. The second kappa shape index (κ2) is 15.4. The van der Waals surface area contributed by atoms with E-state index in [9.17, 15) is 44.7 Å². The number of phenolic OH excluding ortho intramolecular Hbond substituents is 3. The number of anilines is 1. The third-order valence-corrected chi connectivity index (χ3v) is 10.2. The average molecular weight is 726 g/mol. The van der Waals surface area contributed by atoms with Crippen LogP contribution in [-0.2, 0) is 23.8 Å². The summed E-state index contributed by atoms with van der Waals surface area (Å²) >= 11 is 0. The number of aliphatic hydroxyl groups excluding tert-OH is 2. The first-order valence-corrected chi connectivity index (χ1v) is 16.9. The summed E-state index contributed by atoms with van der Waals surface area (Å²) in [5, 5.41) is 58.2. The lowest BCUT2D eigenvalue weighted by Gasteiger charge is -2.38. The Labute approximate surface area is 301 Å². The zero-order valence-corrected chi connectivity index (χ0v) is 30.6. The number of ketones is 1. The van der Waals surface area contributed by atoms with Crippen molar-refractivity contribution in [2.24, 2.45) is 23.7 Å². The molecule has 2 aromatic carbocycles. The molecule has 0 saturated carbocycles. The Hall–Kier alpha value is -4.92. The van der Waals surface area contributed by atoms with Gasteiger partial charge in [0.25, 0.3) is 11.7 Å². The fourth-order valence-corrected chi connectivity index (χ4v) is 6.86. The number of esters is 1. The van der Waals surface area contributed by atoms with E-state index in [0.29, 0.717) is 0 Å². The summed E-state index contributed by atoms with van der Waals surface area (Å²) in [6, 6.07) is 0. The molecular formula is C38H47NO13. The fraction of sp³-hybridized carbons (Fsp3) is 0.474. The molecule has 14 heteroatoms. The van der Waals surface area contributed by atoms with Crippen LogP contribution < -0.4 is 10.1 Å². The number of aliphatic hydroxyl groups is 2. The summed E-state index contributed by atoms with van der Waals surface area (Å²) in [4.78, 5) is 51.8. The number of rotatable bonds is 3. The number of carbonyl (C=O) groups excluding carboxylic acids is 4. The Balaban J connectivity index is 1.93. The van der Waals surface area contributed by atoms with Gasteiger partial charge in [-0.2, -0.15) is 0 Å². The number of allylic oxidation sites excluding steroid dienone is 2. The number of hydrogen-bond donors (Lipinski definition) is 6. The maximum Gasteiger partial charge on any atom is 0.312 e. The Morgan fingerprint density at radius 2 is 1.60 bits per heavy atom. The number of hydrogen-bond acceptors (Lipinski definition) is 13. The minimum absolute atomic E-state index is 0.00425. The van der Waals surface area contributed by atoms with Crippen LogP contribution in [0.3, 0.4) is 0 Å². The van der Waals surface area contributed by atoms with E-state index in [2.05, 4.69) is 5.32 Å². The molecule has 5 bridgehead atoms. The smallest absolute Gasteiger partial charge is 0.312 e. The van der Waals surface area contributed by atoms with Crippen molar-refractivity contribution in [2.45, 2.75) is 85.6 Å². The second-order valence-electron chi connectivity index (χ2n) is 13.7. The number of carbonyl (C=O) groups is 4. The first kappa shape index (κ1) is 39.9. The van der Waals surface area contributed by atoms with Crippen LogP contribution in [0, 0.1) is 30.6 Å². The van der Waals surface area contributed by atoms with Crippen LogP contribution in [0.5, 0.6) is 23.0 Å². The molecule has 1 amide bonds. The summed E-state index contributed by atoms with van der Waals surface area (Å²) in [5.74, 6) is -9.19. The molecule has 3 aliphatic rings.